The summed E-state index contributed by atoms with van der Waals surface area (Å²) in [6, 6.07) is 11.5. The lowest BCUT2D eigenvalue weighted by Gasteiger charge is -2.14. The first-order valence-corrected chi connectivity index (χ1v) is 10.7. The Balaban J connectivity index is 1.87. The molecule has 0 spiro atoms. The quantitative estimate of drug-likeness (QED) is 0.190. The van der Waals surface area contributed by atoms with Gasteiger partial charge in [0.2, 0.25) is 0 Å². The molecule has 0 aliphatic rings. The van der Waals surface area contributed by atoms with Crippen molar-refractivity contribution in [1.82, 2.24) is 15.3 Å². The molecule has 2 aromatic carbocycles. The van der Waals surface area contributed by atoms with Gasteiger partial charge in [-0.3, -0.25) is 9.83 Å². The van der Waals surface area contributed by atoms with E-state index in [2.05, 4.69) is 20.9 Å². The average Bonchev–Trinajstić information content (AvgIpc) is 3.09. The third kappa shape index (κ3) is 5.61. The molecule has 1 aromatic heterocycles. The van der Waals surface area contributed by atoms with Crippen LogP contribution in [0.1, 0.15) is 22.4 Å². The van der Waals surface area contributed by atoms with Gasteiger partial charge in [-0.05, 0) is 31.0 Å². The predicted molar refractivity (Wildman–Crippen MR) is 125 cm³/mol. The highest BCUT2D eigenvalue weighted by molar-refractivity contribution is 6.38. The van der Waals surface area contributed by atoms with Gasteiger partial charge in [0.1, 0.15) is 17.2 Å². The van der Waals surface area contributed by atoms with Crippen LogP contribution < -0.4 is 10.8 Å². The van der Waals surface area contributed by atoms with Crippen molar-refractivity contribution in [2.24, 2.45) is 4.99 Å². The first-order valence-electron chi connectivity index (χ1n) is 9.90. The lowest BCUT2D eigenvalue weighted by Crippen LogP contribution is -2.27. The van der Waals surface area contributed by atoms with E-state index in [1.165, 1.54) is 4.68 Å². The number of aromatic nitrogens is 2. The van der Waals surface area contributed by atoms with Crippen molar-refractivity contribution < 1.29 is 18.0 Å². The van der Waals surface area contributed by atoms with Gasteiger partial charge in [0.05, 0.1) is 22.2 Å². The minimum Gasteiger partial charge on any atom is -0.373 e. The van der Waals surface area contributed by atoms with Crippen LogP contribution >= 0.6 is 23.2 Å². The van der Waals surface area contributed by atoms with Gasteiger partial charge >= 0.3 is 6.18 Å². The molecule has 0 fully saturated rings. The fourth-order valence-corrected chi connectivity index (χ4v) is 3.89. The summed E-state index contributed by atoms with van der Waals surface area (Å²) in [6.07, 6.45) is -3.89. The Labute approximate surface area is 199 Å². The Morgan fingerprint density at radius 1 is 1.15 bits per heavy atom. The molecule has 0 unspecified atom stereocenters. The molecule has 0 bridgehead atoms. The fourth-order valence-electron chi connectivity index (χ4n) is 3.24. The van der Waals surface area contributed by atoms with E-state index in [1.807, 2.05) is 30.3 Å². The lowest BCUT2D eigenvalue weighted by molar-refractivity contribution is -0.137. The standard InChI is InChI=1S/C22H22Cl2F3N5O/c1-13-18(20(28-2)31-33-10-9-14-7-5-4-6-8-14)30-32(21(13)29-3)19-16(23)11-15(12-17(19)24)22(25,26)27/h4-8,11-12,29H,9-10H2,1-3H3,(H,28,31). The van der Waals surface area contributed by atoms with Gasteiger partial charge in [-0.2, -0.15) is 18.3 Å². The second-order valence-electron chi connectivity index (χ2n) is 7.03. The number of nitrogens with one attached hydrogen (secondary N) is 2. The molecule has 0 radical (unpaired) electrons. The highest BCUT2D eigenvalue weighted by Gasteiger charge is 2.33. The van der Waals surface area contributed by atoms with Crippen molar-refractivity contribution in [3.05, 3.63) is 74.9 Å². The number of alkyl halides is 3. The van der Waals surface area contributed by atoms with E-state index in [0.717, 1.165) is 17.7 Å². The third-order valence-corrected chi connectivity index (χ3v) is 5.44. The van der Waals surface area contributed by atoms with Crippen molar-refractivity contribution in [2.75, 3.05) is 26.0 Å². The minimum atomic E-state index is -4.58. The van der Waals surface area contributed by atoms with Gasteiger partial charge < -0.3 is 5.32 Å². The normalized spacial score (nSPS) is 12.2. The average molecular weight is 500 g/mol. The second kappa shape index (κ2) is 10.5. The van der Waals surface area contributed by atoms with E-state index in [1.54, 1.807) is 21.0 Å². The number of hydrogen-bond donors (Lipinski definition) is 2. The summed E-state index contributed by atoms with van der Waals surface area (Å²) in [5.41, 5.74) is 4.19. The molecular formula is C22H22Cl2F3N5O. The van der Waals surface area contributed by atoms with Crippen LogP contribution in [0.3, 0.4) is 0 Å². The Hall–Kier alpha value is -2.75. The Kier molecular flexibility index (Phi) is 7.88. The minimum absolute atomic E-state index is 0.116. The van der Waals surface area contributed by atoms with Crippen molar-refractivity contribution >= 4 is 34.9 Å². The number of amidine groups is 1. The van der Waals surface area contributed by atoms with E-state index in [9.17, 15) is 13.2 Å². The molecule has 0 atom stereocenters. The molecule has 1 heterocycles. The van der Waals surface area contributed by atoms with Crippen LogP contribution in [0.5, 0.6) is 0 Å². The fraction of sp³-hybridized carbons (Fsp3) is 0.273. The van der Waals surface area contributed by atoms with Crippen molar-refractivity contribution in [3.63, 3.8) is 0 Å². The van der Waals surface area contributed by atoms with Crippen LogP contribution in [0.2, 0.25) is 10.0 Å². The zero-order valence-electron chi connectivity index (χ0n) is 18.1. The molecule has 3 aromatic rings. The molecule has 33 heavy (non-hydrogen) atoms. The molecule has 176 valence electrons. The van der Waals surface area contributed by atoms with Crippen molar-refractivity contribution in [1.29, 1.82) is 0 Å². The SMILES string of the molecule is CN=C(NOCCc1ccccc1)c1nn(-c2c(Cl)cc(C(F)(F)F)cc2Cl)c(NC)c1C. The van der Waals surface area contributed by atoms with Gasteiger partial charge in [0, 0.05) is 19.7 Å². The molecule has 2 N–H and O–H groups in total. The largest absolute Gasteiger partial charge is 0.416 e. The predicted octanol–water partition coefficient (Wildman–Crippen LogP) is 5.69. The number of hydroxylamine groups is 1. The Morgan fingerprint density at radius 2 is 1.79 bits per heavy atom. The third-order valence-electron chi connectivity index (χ3n) is 4.87. The summed E-state index contributed by atoms with van der Waals surface area (Å²) in [5, 5.41) is 7.11. The van der Waals surface area contributed by atoms with E-state index in [0.29, 0.717) is 35.9 Å². The Bertz CT molecular complexity index is 1120. The Morgan fingerprint density at radius 3 is 2.33 bits per heavy atom. The first kappa shape index (κ1) is 24.9. The van der Waals surface area contributed by atoms with Gasteiger partial charge in [0.15, 0.2) is 5.84 Å². The maximum absolute atomic E-state index is 13.1. The van der Waals surface area contributed by atoms with E-state index in [-0.39, 0.29) is 15.7 Å². The van der Waals surface area contributed by atoms with Gasteiger partial charge in [-0.1, -0.05) is 53.5 Å². The number of anilines is 1. The molecule has 0 aliphatic heterocycles. The van der Waals surface area contributed by atoms with Crippen molar-refractivity contribution in [3.8, 4) is 5.69 Å². The van der Waals surface area contributed by atoms with Crippen LogP contribution in [0.4, 0.5) is 19.0 Å². The van der Waals surface area contributed by atoms with Gasteiger partial charge in [-0.15, -0.1) is 0 Å². The number of halogens is 5. The van der Waals surface area contributed by atoms with Crippen LogP contribution in [0, 0.1) is 6.92 Å². The maximum Gasteiger partial charge on any atom is 0.416 e. The van der Waals surface area contributed by atoms with Crippen LogP contribution in [0.15, 0.2) is 47.5 Å². The van der Waals surface area contributed by atoms with Gasteiger partial charge in [-0.25, -0.2) is 10.2 Å². The number of rotatable bonds is 7. The molecule has 11 heteroatoms. The van der Waals surface area contributed by atoms with Crippen molar-refractivity contribution in [2.45, 2.75) is 19.5 Å². The summed E-state index contributed by atoms with van der Waals surface area (Å²) < 4.78 is 40.7. The van der Waals surface area contributed by atoms with Crippen LogP contribution in [-0.2, 0) is 17.4 Å². The molecule has 0 saturated carbocycles. The van der Waals surface area contributed by atoms with E-state index in [4.69, 9.17) is 28.0 Å². The molecule has 6 nitrogen and oxygen atoms in total. The van der Waals surface area contributed by atoms with E-state index < -0.39 is 11.7 Å². The number of nitrogens with zero attached hydrogens (tertiary/aromatic N) is 3. The second-order valence-corrected chi connectivity index (χ2v) is 7.84. The number of benzene rings is 2. The summed E-state index contributed by atoms with van der Waals surface area (Å²) in [4.78, 5) is 9.76. The van der Waals surface area contributed by atoms with E-state index >= 15 is 0 Å². The first-order chi connectivity index (χ1) is 15.7. The maximum atomic E-state index is 13.1. The monoisotopic (exact) mass is 499 g/mol. The summed E-state index contributed by atoms with van der Waals surface area (Å²) in [5.74, 6) is 0.829. The summed E-state index contributed by atoms with van der Waals surface area (Å²) >= 11 is 12.4. The molecule has 0 amide bonds. The smallest absolute Gasteiger partial charge is 0.373 e. The highest BCUT2D eigenvalue weighted by Crippen LogP contribution is 2.39. The molecule has 3 rings (SSSR count). The molecule has 0 saturated heterocycles. The molecule has 0 aliphatic carbocycles. The zero-order chi connectivity index (χ0) is 24.2. The summed E-state index contributed by atoms with van der Waals surface area (Å²) in [6.45, 7) is 2.17. The number of aliphatic imine (C=N–C) groups is 1. The summed E-state index contributed by atoms with van der Waals surface area (Å²) in [7, 11) is 3.22. The van der Waals surface area contributed by atoms with Crippen LogP contribution in [-0.4, -0.2) is 36.3 Å². The molecular weight excluding hydrogens is 478 g/mol. The van der Waals surface area contributed by atoms with Gasteiger partial charge in [0.25, 0.3) is 0 Å². The van der Waals surface area contributed by atoms with Crippen LogP contribution in [0.25, 0.3) is 5.69 Å². The number of hydrogen-bond acceptors (Lipinski definition) is 4. The zero-order valence-corrected chi connectivity index (χ0v) is 19.6. The highest BCUT2D eigenvalue weighted by atomic mass is 35.5. The topological polar surface area (TPSA) is 63.5 Å². The lowest BCUT2D eigenvalue weighted by atomic mass is 10.2.